The minimum Gasteiger partial charge on any atom is -0.462 e. The molecule has 0 amide bonds. The molecule has 6 N–H and O–H groups in total. The number of carbonyl (C=O) groups excluding carboxylic acids is 2. The quantitative estimate of drug-likeness (QED) is 0.0145. The number of unbranched alkanes of at least 4 members (excludes halogenated alkanes) is 27. The number of aliphatic hydroxyl groups is 5. The van der Waals surface area contributed by atoms with Gasteiger partial charge in [0.25, 0.3) is 0 Å². The maximum atomic E-state index is 12.9. The van der Waals surface area contributed by atoms with Crippen LogP contribution in [0.15, 0.2) is 36.5 Å². The van der Waals surface area contributed by atoms with Crippen LogP contribution in [0.2, 0.25) is 0 Å². The topological polar surface area (TPSA) is 210 Å². The van der Waals surface area contributed by atoms with E-state index in [9.17, 15) is 44.6 Å². The Balaban J connectivity index is 2.37. The molecule has 6 atom stereocenters. The number of hydrogen-bond acceptors (Lipinski definition) is 12. The van der Waals surface area contributed by atoms with Crippen molar-refractivity contribution in [1.29, 1.82) is 0 Å². The summed E-state index contributed by atoms with van der Waals surface area (Å²) in [7, 11) is -5.12. The van der Waals surface area contributed by atoms with Gasteiger partial charge >= 0.3 is 19.8 Å². The minimum absolute atomic E-state index is 0.0935. The SMILES string of the molecule is CCCCCCC/C=C\C/C=C\CCCCCCCCCCCCCC(=O)OC(COC(=O)CCCCCCC/C=C\CCCCCCCC)COP(=O)(O)OC1C(O)C(O)C(O)C(O)C1O. The molecule has 0 heterocycles. The van der Waals surface area contributed by atoms with Crippen LogP contribution in [0.1, 0.15) is 232 Å². The zero-order chi connectivity index (χ0) is 49.2. The predicted molar refractivity (Wildman–Crippen MR) is 267 cm³/mol. The summed E-state index contributed by atoms with van der Waals surface area (Å²) in [6, 6.07) is 0. The lowest BCUT2D eigenvalue weighted by atomic mass is 9.85. The van der Waals surface area contributed by atoms with Gasteiger partial charge in [-0.15, -0.1) is 0 Å². The molecular formula is C53H97O13P. The van der Waals surface area contributed by atoms with Gasteiger partial charge in [0.1, 0.15) is 43.2 Å². The van der Waals surface area contributed by atoms with Gasteiger partial charge in [-0.3, -0.25) is 18.6 Å². The molecule has 0 aromatic carbocycles. The maximum absolute atomic E-state index is 12.9. The van der Waals surface area contributed by atoms with Gasteiger partial charge < -0.3 is 39.9 Å². The summed E-state index contributed by atoms with van der Waals surface area (Å²) >= 11 is 0. The van der Waals surface area contributed by atoms with E-state index in [2.05, 4.69) is 50.3 Å². The van der Waals surface area contributed by atoms with Crippen molar-refractivity contribution < 1.29 is 63.1 Å². The van der Waals surface area contributed by atoms with Crippen LogP contribution in [0.4, 0.5) is 0 Å². The van der Waals surface area contributed by atoms with Gasteiger partial charge in [0, 0.05) is 12.8 Å². The summed E-state index contributed by atoms with van der Waals surface area (Å²) in [5.41, 5.74) is 0. The lowest BCUT2D eigenvalue weighted by molar-refractivity contribution is -0.220. The average molecular weight is 973 g/mol. The van der Waals surface area contributed by atoms with E-state index in [0.717, 1.165) is 77.0 Å². The Morgan fingerprint density at radius 3 is 1.22 bits per heavy atom. The Morgan fingerprint density at radius 1 is 0.463 bits per heavy atom. The van der Waals surface area contributed by atoms with Gasteiger partial charge in [-0.1, -0.05) is 185 Å². The third-order valence-corrected chi connectivity index (χ3v) is 13.4. The third kappa shape index (κ3) is 34.9. The molecule has 392 valence electrons. The van der Waals surface area contributed by atoms with Crippen LogP contribution in [-0.4, -0.2) is 98.3 Å². The standard InChI is InChI=1S/C53H97O13P/c1-3-5-7-9-11-13-15-17-19-20-21-22-23-24-25-26-28-30-32-34-36-38-40-42-47(55)65-45(44-64-67(61,62)66-53-51(59)49(57)48(56)50(58)52(53)60)43-63-46(54)41-39-37-35-33-31-29-27-18-16-14-12-10-8-6-4-2/h15,17-18,20-21,27,45,48-53,56-60H,3-14,16,19,22-26,28-44H2,1-2H3,(H,61,62)/b17-15-,21-20-,27-18-. The molecule has 13 nitrogen and oxygen atoms in total. The highest BCUT2D eigenvalue weighted by Gasteiger charge is 2.51. The van der Waals surface area contributed by atoms with Crippen LogP contribution in [0.5, 0.6) is 0 Å². The molecule has 0 aromatic rings. The van der Waals surface area contributed by atoms with Gasteiger partial charge in [0.2, 0.25) is 0 Å². The molecule has 0 spiro atoms. The Labute approximate surface area is 406 Å². The van der Waals surface area contributed by atoms with Crippen molar-refractivity contribution in [2.45, 2.75) is 275 Å². The highest BCUT2D eigenvalue weighted by molar-refractivity contribution is 7.47. The van der Waals surface area contributed by atoms with E-state index < -0.39 is 75.7 Å². The first kappa shape index (κ1) is 63.1. The monoisotopic (exact) mass is 973 g/mol. The third-order valence-electron chi connectivity index (χ3n) is 12.5. The van der Waals surface area contributed by atoms with Crippen LogP contribution in [-0.2, 0) is 32.7 Å². The number of allylic oxidation sites excluding steroid dienone is 6. The molecule has 0 aromatic heterocycles. The zero-order valence-electron chi connectivity index (χ0n) is 41.9. The Morgan fingerprint density at radius 2 is 0.806 bits per heavy atom. The smallest absolute Gasteiger partial charge is 0.462 e. The van der Waals surface area contributed by atoms with Crippen molar-refractivity contribution in [3.05, 3.63) is 36.5 Å². The van der Waals surface area contributed by atoms with Crippen LogP contribution >= 0.6 is 7.82 Å². The van der Waals surface area contributed by atoms with Crippen molar-refractivity contribution in [1.82, 2.24) is 0 Å². The van der Waals surface area contributed by atoms with Gasteiger partial charge in [-0.05, 0) is 70.6 Å². The summed E-state index contributed by atoms with van der Waals surface area (Å²) in [5.74, 6) is -1.10. The number of esters is 2. The first-order chi connectivity index (χ1) is 32.4. The second-order valence-electron chi connectivity index (χ2n) is 18.7. The summed E-state index contributed by atoms with van der Waals surface area (Å²) in [6.07, 6.45) is 37.6. The highest BCUT2D eigenvalue weighted by Crippen LogP contribution is 2.47. The van der Waals surface area contributed by atoms with E-state index in [1.54, 1.807) is 0 Å². The predicted octanol–water partition coefficient (Wildman–Crippen LogP) is 11.7. The van der Waals surface area contributed by atoms with E-state index in [-0.39, 0.29) is 12.8 Å². The molecule has 1 aliphatic rings. The number of phosphoric ester groups is 1. The number of ether oxygens (including phenoxy) is 2. The largest absolute Gasteiger partial charge is 0.472 e. The van der Waals surface area contributed by atoms with E-state index >= 15 is 0 Å². The molecule has 6 unspecified atom stereocenters. The molecule has 0 radical (unpaired) electrons. The number of phosphoric acid groups is 1. The molecule has 1 fully saturated rings. The van der Waals surface area contributed by atoms with E-state index in [1.807, 2.05) is 0 Å². The minimum atomic E-state index is -5.12. The fourth-order valence-corrected chi connectivity index (χ4v) is 9.11. The zero-order valence-corrected chi connectivity index (χ0v) is 42.8. The fraction of sp³-hybridized carbons (Fsp3) is 0.849. The molecule has 14 heteroatoms. The lowest BCUT2D eigenvalue weighted by Crippen LogP contribution is -2.64. The normalized spacial score (nSPS) is 21.4. The van der Waals surface area contributed by atoms with Crippen molar-refractivity contribution in [2.24, 2.45) is 0 Å². The van der Waals surface area contributed by atoms with Gasteiger partial charge in [-0.25, -0.2) is 4.57 Å². The van der Waals surface area contributed by atoms with E-state index in [4.69, 9.17) is 18.5 Å². The molecule has 1 aliphatic carbocycles. The van der Waals surface area contributed by atoms with Gasteiger partial charge in [0.15, 0.2) is 6.10 Å². The summed E-state index contributed by atoms with van der Waals surface area (Å²) in [6.45, 7) is 3.30. The molecule has 67 heavy (non-hydrogen) atoms. The van der Waals surface area contributed by atoms with Crippen LogP contribution in [0.3, 0.4) is 0 Å². The second-order valence-corrected chi connectivity index (χ2v) is 20.1. The maximum Gasteiger partial charge on any atom is 0.472 e. The molecule has 1 rings (SSSR count). The number of hydrogen-bond donors (Lipinski definition) is 6. The van der Waals surface area contributed by atoms with Gasteiger partial charge in [0.05, 0.1) is 6.61 Å². The first-order valence-electron chi connectivity index (χ1n) is 26.8. The first-order valence-corrected chi connectivity index (χ1v) is 28.3. The molecule has 1 saturated carbocycles. The van der Waals surface area contributed by atoms with E-state index in [1.165, 1.54) is 116 Å². The van der Waals surface area contributed by atoms with Crippen LogP contribution in [0.25, 0.3) is 0 Å². The van der Waals surface area contributed by atoms with Crippen molar-refractivity contribution in [3.63, 3.8) is 0 Å². The molecule has 0 bridgehead atoms. The Hall–Kier alpha value is -1.93. The summed E-state index contributed by atoms with van der Waals surface area (Å²) < 4.78 is 33.7. The number of aliphatic hydroxyl groups excluding tert-OH is 5. The Bertz CT molecular complexity index is 1310. The number of carbonyl (C=O) groups is 2. The number of rotatable bonds is 45. The molecule has 0 saturated heterocycles. The highest BCUT2D eigenvalue weighted by atomic mass is 31.2. The Kier molecular flexibility index (Phi) is 40.4. The summed E-state index contributed by atoms with van der Waals surface area (Å²) in [5, 5.41) is 50.3. The van der Waals surface area contributed by atoms with Crippen molar-refractivity contribution in [3.8, 4) is 0 Å². The summed E-state index contributed by atoms with van der Waals surface area (Å²) in [4.78, 5) is 35.9. The average Bonchev–Trinajstić information content (AvgIpc) is 3.31. The molecular weight excluding hydrogens is 876 g/mol. The molecule has 0 aliphatic heterocycles. The fourth-order valence-electron chi connectivity index (χ4n) is 8.14. The van der Waals surface area contributed by atoms with Crippen molar-refractivity contribution >= 4 is 19.8 Å². The lowest BCUT2D eigenvalue weighted by Gasteiger charge is -2.41. The van der Waals surface area contributed by atoms with Crippen LogP contribution < -0.4 is 0 Å². The van der Waals surface area contributed by atoms with Crippen LogP contribution in [0, 0.1) is 0 Å². The second kappa shape index (κ2) is 42.9. The van der Waals surface area contributed by atoms with E-state index in [0.29, 0.717) is 12.8 Å². The van der Waals surface area contributed by atoms with Crippen molar-refractivity contribution in [2.75, 3.05) is 13.2 Å². The van der Waals surface area contributed by atoms with Gasteiger partial charge in [-0.2, -0.15) is 0 Å².